The highest BCUT2D eigenvalue weighted by molar-refractivity contribution is 7.91. The molecule has 1 fully saturated rings. The SMILES string of the molecule is COC(=O)Nc1ccc(S(=O)(=O)CC(C)C)c([C@H]2CCCN2C(=O)CNc2cc(C(N)=O)ccc2F)c1. The van der Waals surface area contributed by atoms with Crippen LogP contribution >= 0.6 is 0 Å². The number of amides is 3. The summed E-state index contributed by atoms with van der Waals surface area (Å²) in [6.07, 6.45) is 0.413. The first kappa shape index (κ1) is 27.9. The van der Waals surface area contributed by atoms with E-state index in [1.165, 1.54) is 36.3 Å². The van der Waals surface area contributed by atoms with E-state index in [0.29, 0.717) is 30.6 Å². The summed E-state index contributed by atoms with van der Waals surface area (Å²) in [5, 5.41) is 5.24. The number of hydrogen-bond donors (Lipinski definition) is 3. The van der Waals surface area contributed by atoms with E-state index in [0.717, 1.165) is 6.07 Å². The number of rotatable bonds is 9. The molecule has 1 atom stereocenters. The van der Waals surface area contributed by atoms with Gasteiger partial charge in [-0.3, -0.25) is 14.9 Å². The molecule has 1 aliphatic rings. The molecule has 3 rings (SSSR count). The van der Waals surface area contributed by atoms with Gasteiger partial charge in [-0.25, -0.2) is 17.6 Å². The Morgan fingerprint density at radius 3 is 2.57 bits per heavy atom. The lowest BCUT2D eigenvalue weighted by Crippen LogP contribution is -2.36. The maximum absolute atomic E-state index is 14.2. The van der Waals surface area contributed by atoms with Crippen molar-refractivity contribution in [3.8, 4) is 0 Å². The Labute approximate surface area is 215 Å². The van der Waals surface area contributed by atoms with Gasteiger partial charge in [-0.15, -0.1) is 0 Å². The quantitative estimate of drug-likeness (QED) is 0.447. The summed E-state index contributed by atoms with van der Waals surface area (Å²) in [5.74, 6) is -1.97. The largest absolute Gasteiger partial charge is 0.453 e. The van der Waals surface area contributed by atoms with Crippen LogP contribution in [0.2, 0.25) is 0 Å². The maximum atomic E-state index is 14.2. The van der Waals surface area contributed by atoms with Crippen molar-refractivity contribution < 1.29 is 31.9 Å². The number of halogens is 1. The normalized spacial score (nSPS) is 15.5. The molecule has 0 spiro atoms. The summed E-state index contributed by atoms with van der Waals surface area (Å²) in [6, 6.07) is 7.43. The number of nitrogens with one attached hydrogen (secondary N) is 2. The van der Waals surface area contributed by atoms with Gasteiger partial charge in [0.05, 0.1) is 36.0 Å². The molecule has 0 bridgehead atoms. The molecule has 3 amide bonds. The minimum atomic E-state index is -3.69. The second-order valence-corrected chi connectivity index (χ2v) is 11.2. The Bertz CT molecular complexity index is 1300. The Kier molecular flexibility index (Phi) is 8.74. The fraction of sp³-hybridized carbons (Fsp3) is 0.400. The Hall–Kier alpha value is -3.67. The number of nitrogens with zero attached hydrogens (tertiary/aromatic N) is 1. The van der Waals surface area contributed by atoms with Gasteiger partial charge in [0.2, 0.25) is 11.8 Å². The summed E-state index contributed by atoms with van der Waals surface area (Å²) in [4.78, 5) is 38.0. The van der Waals surface area contributed by atoms with Crippen molar-refractivity contribution in [1.82, 2.24) is 4.90 Å². The van der Waals surface area contributed by atoms with Gasteiger partial charge in [0.25, 0.3) is 0 Å². The van der Waals surface area contributed by atoms with E-state index in [4.69, 9.17) is 5.73 Å². The van der Waals surface area contributed by atoms with Gasteiger partial charge in [-0.05, 0) is 60.7 Å². The lowest BCUT2D eigenvalue weighted by molar-refractivity contribution is -0.130. The van der Waals surface area contributed by atoms with Crippen molar-refractivity contribution in [2.24, 2.45) is 11.7 Å². The number of hydrogen-bond acceptors (Lipinski definition) is 7. The highest BCUT2D eigenvalue weighted by Crippen LogP contribution is 2.38. The minimum Gasteiger partial charge on any atom is -0.453 e. The molecule has 1 saturated heterocycles. The van der Waals surface area contributed by atoms with Crippen molar-refractivity contribution in [3.63, 3.8) is 0 Å². The molecule has 12 heteroatoms. The molecule has 10 nitrogen and oxygen atoms in total. The van der Waals surface area contributed by atoms with Gasteiger partial charge < -0.3 is 20.7 Å². The van der Waals surface area contributed by atoms with E-state index in [1.807, 2.05) is 0 Å². The van der Waals surface area contributed by atoms with Crippen molar-refractivity contribution in [2.45, 2.75) is 37.6 Å². The zero-order chi connectivity index (χ0) is 27.3. The molecule has 2 aromatic carbocycles. The average Bonchev–Trinajstić information content (AvgIpc) is 3.32. The lowest BCUT2D eigenvalue weighted by Gasteiger charge is -2.28. The van der Waals surface area contributed by atoms with Crippen LogP contribution in [-0.2, 0) is 19.4 Å². The highest BCUT2D eigenvalue weighted by atomic mass is 32.2. The average molecular weight is 535 g/mol. The standard InChI is InChI=1S/C25H31FN4O6S/c1-15(2)14-37(34,35)22-9-7-17(29-25(33)36-3)12-18(22)21-5-4-10-30(21)23(31)13-28-20-11-16(24(27)32)6-8-19(20)26/h6-9,11-12,15,21,28H,4-5,10,13-14H2,1-3H3,(H2,27,32)(H,29,33)/t21-/m1/s1. The maximum Gasteiger partial charge on any atom is 0.411 e. The number of benzene rings is 2. The lowest BCUT2D eigenvalue weighted by atomic mass is 10.0. The Morgan fingerprint density at radius 2 is 1.92 bits per heavy atom. The van der Waals surface area contributed by atoms with Crippen LogP contribution in [0, 0.1) is 11.7 Å². The number of methoxy groups -OCH3 is 1. The van der Waals surface area contributed by atoms with Crippen LogP contribution in [0.4, 0.5) is 20.6 Å². The van der Waals surface area contributed by atoms with Crippen LogP contribution < -0.4 is 16.4 Å². The van der Waals surface area contributed by atoms with E-state index >= 15 is 0 Å². The van der Waals surface area contributed by atoms with Gasteiger partial charge in [0.15, 0.2) is 9.84 Å². The van der Waals surface area contributed by atoms with E-state index < -0.39 is 33.7 Å². The number of carbonyl (C=O) groups is 3. The smallest absolute Gasteiger partial charge is 0.411 e. The number of likely N-dealkylation sites (tertiary alicyclic amines) is 1. The summed E-state index contributed by atoms with van der Waals surface area (Å²) in [6.45, 7) is 3.68. The number of nitrogens with two attached hydrogens (primary N) is 1. The van der Waals surface area contributed by atoms with Gasteiger partial charge in [-0.1, -0.05) is 13.8 Å². The minimum absolute atomic E-state index is 0.0510. The van der Waals surface area contributed by atoms with Gasteiger partial charge in [-0.2, -0.15) is 0 Å². The molecule has 1 aliphatic heterocycles. The molecule has 2 aromatic rings. The first-order chi connectivity index (χ1) is 17.4. The third-order valence-electron chi connectivity index (χ3n) is 5.94. The van der Waals surface area contributed by atoms with Crippen LogP contribution in [-0.4, -0.2) is 57.2 Å². The second kappa shape index (κ2) is 11.6. The molecular weight excluding hydrogens is 503 g/mol. The monoisotopic (exact) mass is 534 g/mol. The number of anilines is 2. The molecule has 0 unspecified atom stereocenters. The molecule has 0 aliphatic carbocycles. The number of sulfone groups is 1. The number of ether oxygens (including phenoxy) is 1. The highest BCUT2D eigenvalue weighted by Gasteiger charge is 2.34. The van der Waals surface area contributed by atoms with Crippen molar-refractivity contribution in [2.75, 3.05) is 36.6 Å². The third-order valence-corrected chi connectivity index (χ3v) is 8.09. The van der Waals surface area contributed by atoms with Crippen LogP contribution in [0.3, 0.4) is 0 Å². The van der Waals surface area contributed by atoms with Gasteiger partial charge >= 0.3 is 6.09 Å². The Morgan fingerprint density at radius 1 is 1.19 bits per heavy atom. The molecule has 1 heterocycles. The fourth-order valence-electron chi connectivity index (χ4n) is 4.34. The predicted molar refractivity (Wildman–Crippen MR) is 136 cm³/mol. The number of carbonyl (C=O) groups excluding carboxylic acids is 3. The van der Waals surface area contributed by atoms with Crippen molar-refractivity contribution >= 4 is 39.1 Å². The molecule has 0 radical (unpaired) electrons. The molecule has 4 N–H and O–H groups in total. The summed E-state index contributed by atoms with van der Waals surface area (Å²) < 4.78 is 45.3. The summed E-state index contributed by atoms with van der Waals surface area (Å²) >= 11 is 0. The van der Waals surface area contributed by atoms with Crippen LogP contribution in [0.1, 0.15) is 48.7 Å². The van der Waals surface area contributed by atoms with Crippen LogP contribution in [0.5, 0.6) is 0 Å². The van der Waals surface area contributed by atoms with Crippen LogP contribution in [0.15, 0.2) is 41.3 Å². The molecular formula is C25H31FN4O6S. The zero-order valence-corrected chi connectivity index (χ0v) is 21.7. The first-order valence-corrected chi connectivity index (χ1v) is 13.4. The molecule has 0 saturated carbocycles. The second-order valence-electron chi connectivity index (χ2n) is 9.20. The number of primary amides is 1. The Balaban J connectivity index is 1.91. The van der Waals surface area contributed by atoms with Gasteiger partial charge in [0.1, 0.15) is 5.82 Å². The van der Waals surface area contributed by atoms with E-state index in [2.05, 4.69) is 15.4 Å². The van der Waals surface area contributed by atoms with E-state index in [1.54, 1.807) is 19.9 Å². The van der Waals surface area contributed by atoms with E-state index in [9.17, 15) is 27.2 Å². The molecule has 37 heavy (non-hydrogen) atoms. The van der Waals surface area contributed by atoms with Crippen LogP contribution in [0.25, 0.3) is 0 Å². The van der Waals surface area contributed by atoms with Gasteiger partial charge in [0, 0.05) is 17.8 Å². The first-order valence-electron chi connectivity index (χ1n) is 11.8. The summed E-state index contributed by atoms with van der Waals surface area (Å²) in [5.41, 5.74) is 6.01. The summed E-state index contributed by atoms with van der Waals surface area (Å²) in [7, 11) is -2.48. The zero-order valence-electron chi connectivity index (χ0n) is 20.9. The fourth-order valence-corrected chi connectivity index (χ4v) is 6.23. The molecule has 200 valence electrons. The van der Waals surface area contributed by atoms with E-state index in [-0.39, 0.29) is 40.3 Å². The van der Waals surface area contributed by atoms with Crippen molar-refractivity contribution in [1.29, 1.82) is 0 Å². The predicted octanol–water partition coefficient (Wildman–Crippen LogP) is 3.31. The molecule has 0 aromatic heterocycles. The van der Waals surface area contributed by atoms with Crippen molar-refractivity contribution in [3.05, 3.63) is 53.3 Å². The topological polar surface area (TPSA) is 148 Å². The third kappa shape index (κ3) is 6.76.